The molecule has 1 aliphatic carbocycles. The molecule has 1 amide bonds. The standard InChI is InChI=1S/C18H36N4O.HI/c1-6-7-8-11-15(2)21-17(19-3)20-14-18(12-9-10-13-18)16(23)22(4)5;/h15H,6-14H2,1-5H3,(H2,19,20,21);1H. The Morgan fingerprint density at radius 1 is 1.25 bits per heavy atom. The van der Waals surface area contributed by atoms with E-state index >= 15 is 0 Å². The maximum absolute atomic E-state index is 12.6. The Kier molecular flexibility index (Phi) is 11.7. The molecule has 1 atom stereocenters. The lowest BCUT2D eigenvalue weighted by molar-refractivity contribution is -0.138. The lowest BCUT2D eigenvalue weighted by Gasteiger charge is -2.31. The highest BCUT2D eigenvalue weighted by Gasteiger charge is 2.42. The van der Waals surface area contributed by atoms with E-state index in [-0.39, 0.29) is 35.3 Å². The third kappa shape index (κ3) is 7.15. The second kappa shape index (κ2) is 11.9. The van der Waals surface area contributed by atoms with Crippen molar-refractivity contribution in [3.63, 3.8) is 0 Å². The molecule has 0 heterocycles. The van der Waals surface area contributed by atoms with Crippen LogP contribution in [-0.4, -0.2) is 50.5 Å². The Labute approximate surface area is 165 Å². The Morgan fingerprint density at radius 3 is 2.38 bits per heavy atom. The van der Waals surface area contributed by atoms with Gasteiger partial charge in [0.15, 0.2) is 5.96 Å². The molecule has 24 heavy (non-hydrogen) atoms. The van der Waals surface area contributed by atoms with Gasteiger partial charge in [-0.25, -0.2) is 0 Å². The summed E-state index contributed by atoms with van der Waals surface area (Å²) in [5.41, 5.74) is -0.257. The van der Waals surface area contributed by atoms with Crippen molar-refractivity contribution in [3.05, 3.63) is 0 Å². The zero-order chi connectivity index (χ0) is 17.3. The van der Waals surface area contributed by atoms with Crippen LogP contribution >= 0.6 is 24.0 Å². The van der Waals surface area contributed by atoms with Gasteiger partial charge in [0.1, 0.15) is 0 Å². The number of unbranched alkanes of at least 4 members (excludes halogenated alkanes) is 2. The second-order valence-electron chi connectivity index (χ2n) is 7.15. The van der Waals surface area contributed by atoms with Crippen molar-refractivity contribution in [3.8, 4) is 0 Å². The van der Waals surface area contributed by atoms with Gasteiger partial charge in [-0.3, -0.25) is 9.79 Å². The van der Waals surface area contributed by atoms with E-state index in [0.29, 0.717) is 12.6 Å². The van der Waals surface area contributed by atoms with Gasteiger partial charge in [0.2, 0.25) is 5.91 Å². The van der Waals surface area contributed by atoms with E-state index in [0.717, 1.165) is 38.1 Å². The molecular formula is C18H37IN4O. The first-order valence-electron chi connectivity index (χ1n) is 9.14. The van der Waals surface area contributed by atoms with Crippen LogP contribution in [0, 0.1) is 5.41 Å². The highest BCUT2D eigenvalue weighted by atomic mass is 127. The van der Waals surface area contributed by atoms with E-state index in [1.54, 1.807) is 11.9 Å². The van der Waals surface area contributed by atoms with E-state index in [2.05, 4.69) is 29.5 Å². The Balaban J connectivity index is 0.00000529. The Hall–Kier alpha value is -0.530. The molecule has 1 fully saturated rings. The normalized spacial score (nSPS) is 17.8. The predicted octanol–water partition coefficient (Wildman–Crippen LogP) is 3.39. The molecule has 0 bridgehead atoms. The predicted molar refractivity (Wildman–Crippen MR) is 113 cm³/mol. The van der Waals surface area contributed by atoms with Crippen molar-refractivity contribution in [1.29, 1.82) is 0 Å². The third-order valence-corrected chi connectivity index (χ3v) is 4.86. The fourth-order valence-corrected chi connectivity index (χ4v) is 3.45. The van der Waals surface area contributed by atoms with Crippen molar-refractivity contribution < 1.29 is 4.79 Å². The summed E-state index contributed by atoms with van der Waals surface area (Å²) < 4.78 is 0. The summed E-state index contributed by atoms with van der Waals surface area (Å²) in [6.07, 6.45) is 9.13. The largest absolute Gasteiger partial charge is 0.355 e. The molecule has 1 rings (SSSR count). The summed E-state index contributed by atoms with van der Waals surface area (Å²) in [6, 6.07) is 0.400. The van der Waals surface area contributed by atoms with Gasteiger partial charge in [-0.1, -0.05) is 39.0 Å². The number of rotatable bonds is 8. The van der Waals surface area contributed by atoms with Gasteiger partial charge < -0.3 is 15.5 Å². The van der Waals surface area contributed by atoms with Gasteiger partial charge in [0.05, 0.1) is 5.41 Å². The average Bonchev–Trinajstić information content (AvgIpc) is 3.00. The maximum Gasteiger partial charge on any atom is 0.230 e. The smallest absolute Gasteiger partial charge is 0.230 e. The fraction of sp³-hybridized carbons (Fsp3) is 0.889. The quantitative estimate of drug-likeness (QED) is 0.257. The number of amides is 1. The van der Waals surface area contributed by atoms with Crippen LogP contribution in [0.15, 0.2) is 4.99 Å². The second-order valence-corrected chi connectivity index (χ2v) is 7.15. The topological polar surface area (TPSA) is 56.7 Å². The van der Waals surface area contributed by atoms with Crippen LogP contribution in [-0.2, 0) is 4.79 Å². The summed E-state index contributed by atoms with van der Waals surface area (Å²) >= 11 is 0. The van der Waals surface area contributed by atoms with Gasteiger partial charge in [-0.2, -0.15) is 0 Å². The molecule has 6 heteroatoms. The summed E-state index contributed by atoms with van der Waals surface area (Å²) in [7, 11) is 5.50. The van der Waals surface area contributed by atoms with Crippen LogP contribution in [0.1, 0.15) is 65.2 Å². The van der Waals surface area contributed by atoms with E-state index in [4.69, 9.17) is 0 Å². The van der Waals surface area contributed by atoms with Gasteiger partial charge in [0.25, 0.3) is 0 Å². The Bertz CT molecular complexity index is 392. The average molecular weight is 452 g/mol. The first-order chi connectivity index (χ1) is 10.9. The number of guanidine groups is 1. The molecule has 0 saturated heterocycles. The maximum atomic E-state index is 12.6. The van der Waals surface area contributed by atoms with Crippen LogP contribution in [0.4, 0.5) is 0 Å². The van der Waals surface area contributed by atoms with Crippen molar-refractivity contribution in [2.75, 3.05) is 27.7 Å². The number of nitrogens with zero attached hydrogens (tertiary/aromatic N) is 2. The molecule has 2 N–H and O–H groups in total. The molecule has 1 unspecified atom stereocenters. The number of carbonyl (C=O) groups is 1. The number of hydrogen-bond acceptors (Lipinski definition) is 2. The summed E-state index contributed by atoms with van der Waals surface area (Å²) in [4.78, 5) is 18.6. The van der Waals surface area contributed by atoms with Crippen LogP contribution in [0.25, 0.3) is 0 Å². The fourth-order valence-electron chi connectivity index (χ4n) is 3.45. The highest BCUT2D eigenvalue weighted by molar-refractivity contribution is 14.0. The van der Waals surface area contributed by atoms with Gasteiger partial charge >= 0.3 is 0 Å². The van der Waals surface area contributed by atoms with Crippen molar-refractivity contribution in [2.45, 2.75) is 71.3 Å². The first kappa shape index (κ1) is 23.5. The molecule has 142 valence electrons. The number of nitrogens with one attached hydrogen (secondary N) is 2. The van der Waals surface area contributed by atoms with Crippen molar-refractivity contribution >= 4 is 35.8 Å². The molecule has 1 aliphatic rings. The van der Waals surface area contributed by atoms with Crippen LogP contribution in [0.5, 0.6) is 0 Å². The van der Waals surface area contributed by atoms with Crippen molar-refractivity contribution in [2.24, 2.45) is 10.4 Å². The lowest BCUT2D eigenvalue weighted by atomic mass is 9.84. The minimum Gasteiger partial charge on any atom is -0.355 e. The zero-order valence-electron chi connectivity index (χ0n) is 16.2. The van der Waals surface area contributed by atoms with E-state index in [1.165, 1.54) is 19.3 Å². The number of carbonyl (C=O) groups excluding carboxylic acids is 1. The van der Waals surface area contributed by atoms with Gasteiger partial charge in [-0.05, 0) is 26.2 Å². The lowest BCUT2D eigenvalue weighted by Crippen LogP contribution is -2.50. The summed E-state index contributed by atoms with van der Waals surface area (Å²) in [6.45, 7) is 5.09. The molecule has 0 aromatic carbocycles. The monoisotopic (exact) mass is 452 g/mol. The number of hydrogen-bond donors (Lipinski definition) is 2. The van der Waals surface area contributed by atoms with Crippen LogP contribution in [0.2, 0.25) is 0 Å². The van der Waals surface area contributed by atoms with Gasteiger partial charge in [-0.15, -0.1) is 24.0 Å². The van der Waals surface area contributed by atoms with E-state index in [1.807, 2.05) is 14.1 Å². The van der Waals surface area contributed by atoms with E-state index < -0.39 is 0 Å². The summed E-state index contributed by atoms with van der Waals surface area (Å²) in [5.74, 6) is 1.06. The summed E-state index contributed by atoms with van der Waals surface area (Å²) in [5, 5.41) is 6.85. The Morgan fingerprint density at radius 2 is 1.88 bits per heavy atom. The highest BCUT2D eigenvalue weighted by Crippen LogP contribution is 2.38. The molecule has 0 spiro atoms. The van der Waals surface area contributed by atoms with Crippen LogP contribution < -0.4 is 10.6 Å². The van der Waals surface area contributed by atoms with Gasteiger partial charge in [0, 0.05) is 33.7 Å². The van der Waals surface area contributed by atoms with E-state index in [9.17, 15) is 4.79 Å². The zero-order valence-corrected chi connectivity index (χ0v) is 18.5. The van der Waals surface area contributed by atoms with Crippen molar-refractivity contribution in [1.82, 2.24) is 15.5 Å². The molecule has 0 radical (unpaired) electrons. The number of aliphatic imine (C=N–C) groups is 1. The minimum atomic E-state index is -0.257. The number of halogens is 1. The molecule has 0 aliphatic heterocycles. The third-order valence-electron chi connectivity index (χ3n) is 4.86. The molecule has 0 aromatic heterocycles. The molecule has 0 aromatic rings. The molecule has 1 saturated carbocycles. The first-order valence-corrected chi connectivity index (χ1v) is 9.14. The minimum absolute atomic E-state index is 0. The SMILES string of the molecule is CCCCCC(C)NC(=NC)NCC1(C(=O)N(C)C)CCCC1.I. The molecular weight excluding hydrogens is 415 g/mol. The van der Waals surface area contributed by atoms with Crippen LogP contribution in [0.3, 0.4) is 0 Å². The molecule has 5 nitrogen and oxygen atoms in total.